The summed E-state index contributed by atoms with van der Waals surface area (Å²) in [4.78, 5) is 19.9. The number of ether oxygens (including phenoxy) is 1. The van der Waals surface area contributed by atoms with Crippen molar-refractivity contribution in [2.24, 2.45) is 0 Å². The number of aromatic nitrogens is 3. The predicted molar refractivity (Wildman–Crippen MR) is 77.8 cm³/mol. The first-order valence-electron chi connectivity index (χ1n) is 6.71. The van der Waals surface area contributed by atoms with Gasteiger partial charge in [0, 0.05) is 11.8 Å². The van der Waals surface area contributed by atoms with Crippen LogP contribution < -0.4 is 0 Å². The van der Waals surface area contributed by atoms with Crippen LogP contribution in [0, 0.1) is 6.92 Å². The maximum atomic E-state index is 11.8. The Morgan fingerprint density at radius 2 is 2.00 bits per heavy atom. The van der Waals surface area contributed by atoms with Crippen LogP contribution in [0.2, 0.25) is 0 Å². The summed E-state index contributed by atoms with van der Waals surface area (Å²) in [7, 11) is 0. The largest absolute Gasteiger partial charge is 0.451 e. The van der Waals surface area contributed by atoms with E-state index >= 15 is 0 Å². The van der Waals surface area contributed by atoms with Crippen molar-refractivity contribution in [3.05, 3.63) is 65.8 Å². The molecule has 3 rings (SSSR count). The molecule has 0 saturated heterocycles. The first-order valence-corrected chi connectivity index (χ1v) is 6.71. The van der Waals surface area contributed by atoms with Crippen LogP contribution in [0.1, 0.15) is 21.9 Å². The van der Waals surface area contributed by atoms with Gasteiger partial charge in [0.05, 0.1) is 0 Å². The minimum absolute atomic E-state index is 0.0890. The van der Waals surface area contributed by atoms with E-state index in [1.165, 1.54) is 6.20 Å². The van der Waals surface area contributed by atoms with Crippen molar-refractivity contribution in [2.75, 3.05) is 0 Å². The summed E-state index contributed by atoms with van der Waals surface area (Å²) in [6.07, 6.45) is 1.53. The van der Waals surface area contributed by atoms with Crippen molar-refractivity contribution in [1.82, 2.24) is 15.1 Å². The number of hydrogen-bond acceptors (Lipinski definition) is 6. The number of benzene rings is 1. The van der Waals surface area contributed by atoms with Crippen LogP contribution in [0.15, 0.2) is 53.2 Å². The maximum absolute atomic E-state index is 11.8. The number of hydrogen-bond donors (Lipinski definition) is 0. The molecule has 0 aliphatic heterocycles. The van der Waals surface area contributed by atoms with Crippen LogP contribution in [0.3, 0.4) is 0 Å². The highest BCUT2D eigenvalue weighted by Gasteiger charge is 2.13. The van der Waals surface area contributed by atoms with E-state index in [2.05, 4.69) is 15.1 Å². The molecular weight excluding hydrogens is 282 g/mol. The number of carbonyl (C=O) groups excluding carboxylic acids is 1. The Morgan fingerprint density at radius 3 is 2.77 bits per heavy atom. The standard InChI is InChI=1S/C16H13N3O3/c1-11-6-2-3-7-12(11)15-18-14(22-19-15)10-21-16(20)13-8-4-5-9-17-13/h2-9H,10H2,1H3. The van der Waals surface area contributed by atoms with Crippen molar-refractivity contribution >= 4 is 5.97 Å². The number of aryl methyl sites for hydroxylation is 1. The lowest BCUT2D eigenvalue weighted by Gasteiger charge is -2.00. The van der Waals surface area contributed by atoms with Crippen LogP contribution in [-0.2, 0) is 11.3 Å². The van der Waals surface area contributed by atoms with E-state index in [-0.39, 0.29) is 18.2 Å². The SMILES string of the molecule is Cc1ccccc1-c1noc(COC(=O)c2ccccn2)n1. The predicted octanol–water partition coefficient (Wildman–Crippen LogP) is 2.80. The van der Waals surface area contributed by atoms with E-state index in [0.717, 1.165) is 11.1 Å². The van der Waals surface area contributed by atoms with Gasteiger partial charge in [0.2, 0.25) is 5.82 Å². The average Bonchev–Trinajstić information content (AvgIpc) is 3.02. The summed E-state index contributed by atoms with van der Waals surface area (Å²) in [5.41, 5.74) is 2.16. The van der Waals surface area contributed by atoms with Gasteiger partial charge in [-0.2, -0.15) is 4.98 Å². The number of pyridine rings is 1. The second-order valence-corrected chi connectivity index (χ2v) is 4.62. The Balaban J connectivity index is 1.68. The summed E-state index contributed by atoms with van der Waals surface area (Å²) in [5, 5.41) is 3.90. The fourth-order valence-electron chi connectivity index (χ4n) is 1.93. The highest BCUT2D eigenvalue weighted by Crippen LogP contribution is 2.19. The second-order valence-electron chi connectivity index (χ2n) is 4.62. The molecular formula is C16H13N3O3. The molecule has 6 nitrogen and oxygen atoms in total. The van der Waals surface area contributed by atoms with Crippen molar-refractivity contribution in [2.45, 2.75) is 13.5 Å². The van der Waals surface area contributed by atoms with Gasteiger partial charge < -0.3 is 9.26 Å². The normalized spacial score (nSPS) is 10.4. The molecule has 2 heterocycles. The van der Waals surface area contributed by atoms with E-state index < -0.39 is 5.97 Å². The van der Waals surface area contributed by atoms with Gasteiger partial charge in [0.15, 0.2) is 6.61 Å². The van der Waals surface area contributed by atoms with E-state index in [1.54, 1.807) is 18.2 Å². The Hall–Kier alpha value is -3.02. The molecule has 0 saturated carbocycles. The lowest BCUT2D eigenvalue weighted by molar-refractivity contribution is 0.0423. The average molecular weight is 295 g/mol. The number of nitrogens with zero attached hydrogens (tertiary/aromatic N) is 3. The van der Waals surface area contributed by atoms with E-state index in [9.17, 15) is 4.79 Å². The van der Waals surface area contributed by atoms with Crippen LogP contribution in [-0.4, -0.2) is 21.1 Å². The highest BCUT2D eigenvalue weighted by atomic mass is 16.6. The number of rotatable bonds is 4. The Bertz CT molecular complexity index is 784. The molecule has 0 radical (unpaired) electrons. The lowest BCUT2D eigenvalue weighted by atomic mass is 10.1. The molecule has 0 aliphatic rings. The van der Waals surface area contributed by atoms with Gasteiger partial charge in [-0.25, -0.2) is 9.78 Å². The van der Waals surface area contributed by atoms with Crippen LogP contribution in [0.25, 0.3) is 11.4 Å². The van der Waals surface area contributed by atoms with Crippen molar-refractivity contribution in [1.29, 1.82) is 0 Å². The lowest BCUT2D eigenvalue weighted by Crippen LogP contribution is -2.07. The van der Waals surface area contributed by atoms with Gasteiger partial charge in [0.1, 0.15) is 5.69 Å². The van der Waals surface area contributed by atoms with E-state index in [0.29, 0.717) is 5.82 Å². The third-order valence-corrected chi connectivity index (χ3v) is 3.05. The summed E-state index contributed by atoms with van der Waals surface area (Å²) in [6, 6.07) is 12.7. The first-order chi connectivity index (χ1) is 10.7. The zero-order chi connectivity index (χ0) is 15.4. The molecule has 0 aliphatic carbocycles. The van der Waals surface area contributed by atoms with Gasteiger partial charge >= 0.3 is 5.97 Å². The molecule has 0 unspecified atom stereocenters. The fraction of sp³-hybridized carbons (Fsp3) is 0.125. The fourth-order valence-corrected chi connectivity index (χ4v) is 1.93. The molecule has 0 spiro atoms. The van der Waals surface area contributed by atoms with Crippen LogP contribution in [0.4, 0.5) is 0 Å². The summed E-state index contributed by atoms with van der Waals surface area (Å²) < 4.78 is 10.2. The topological polar surface area (TPSA) is 78.1 Å². The van der Waals surface area contributed by atoms with Gasteiger partial charge in [-0.1, -0.05) is 35.5 Å². The quantitative estimate of drug-likeness (QED) is 0.689. The molecule has 2 aromatic heterocycles. The van der Waals surface area contributed by atoms with Crippen molar-refractivity contribution in [3.63, 3.8) is 0 Å². The molecule has 110 valence electrons. The van der Waals surface area contributed by atoms with Crippen molar-refractivity contribution < 1.29 is 14.1 Å². The third-order valence-electron chi connectivity index (χ3n) is 3.05. The smallest absolute Gasteiger partial charge is 0.357 e. The summed E-state index contributed by atoms with van der Waals surface area (Å²) in [5.74, 6) is 0.181. The minimum Gasteiger partial charge on any atom is -0.451 e. The summed E-state index contributed by atoms with van der Waals surface area (Å²) >= 11 is 0. The van der Waals surface area contributed by atoms with Gasteiger partial charge in [-0.3, -0.25) is 0 Å². The zero-order valence-electron chi connectivity index (χ0n) is 11.9. The highest BCUT2D eigenvalue weighted by molar-refractivity contribution is 5.86. The second kappa shape index (κ2) is 6.17. The van der Waals surface area contributed by atoms with E-state index in [4.69, 9.17) is 9.26 Å². The third kappa shape index (κ3) is 3.01. The molecule has 0 N–H and O–H groups in total. The molecule has 6 heteroatoms. The summed E-state index contributed by atoms with van der Waals surface area (Å²) in [6.45, 7) is 1.88. The molecule has 0 bridgehead atoms. The molecule has 3 aromatic rings. The molecule has 0 atom stereocenters. The van der Waals surface area contributed by atoms with Crippen molar-refractivity contribution in [3.8, 4) is 11.4 Å². The maximum Gasteiger partial charge on any atom is 0.357 e. The monoisotopic (exact) mass is 295 g/mol. The van der Waals surface area contributed by atoms with Gasteiger partial charge in [-0.05, 0) is 24.6 Å². The van der Waals surface area contributed by atoms with Crippen LogP contribution >= 0.6 is 0 Å². The Kier molecular flexibility index (Phi) is 3.91. The molecule has 0 amide bonds. The minimum atomic E-state index is -0.531. The Labute approximate surface area is 126 Å². The van der Waals surface area contributed by atoms with Crippen LogP contribution in [0.5, 0.6) is 0 Å². The van der Waals surface area contributed by atoms with Gasteiger partial charge in [0.25, 0.3) is 5.89 Å². The first kappa shape index (κ1) is 13.9. The Morgan fingerprint density at radius 1 is 1.18 bits per heavy atom. The molecule has 0 fully saturated rings. The van der Waals surface area contributed by atoms with E-state index in [1.807, 2.05) is 31.2 Å². The number of esters is 1. The number of carbonyl (C=O) groups is 1. The molecule has 1 aromatic carbocycles. The zero-order valence-corrected chi connectivity index (χ0v) is 11.9. The van der Waals surface area contributed by atoms with Gasteiger partial charge in [-0.15, -0.1) is 0 Å². The molecule has 22 heavy (non-hydrogen) atoms.